The third-order valence-corrected chi connectivity index (χ3v) is 4.03. The van der Waals surface area contributed by atoms with Gasteiger partial charge in [0.2, 0.25) is 0 Å². The minimum atomic E-state index is 0.645. The Balaban J connectivity index is 1.86. The summed E-state index contributed by atoms with van der Waals surface area (Å²) in [5.74, 6) is 0. The summed E-state index contributed by atoms with van der Waals surface area (Å²) in [4.78, 5) is 13.3. The second kappa shape index (κ2) is 6.08. The van der Waals surface area contributed by atoms with Crippen LogP contribution in [0.3, 0.4) is 0 Å². The Bertz CT molecular complexity index is 692. The van der Waals surface area contributed by atoms with Gasteiger partial charge in [-0.3, -0.25) is 9.69 Å². The first-order chi connectivity index (χ1) is 10.3. The van der Waals surface area contributed by atoms with Gasteiger partial charge in [0.15, 0.2) is 0 Å². The molecular weight excluding hydrogens is 264 g/mol. The normalized spacial score (nSPS) is 16.0. The molecule has 1 aliphatic rings. The van der Waals surface area contributed by atoms with Gasteiger partial charge in [-0.05, 0) is 24.3 Å². The number of aromatic nitrogens is 1. The molecule has 0 radical (unpaired) electrons. The van der Waals surface area contributed by atoms with Crippen molar-refractivity contribution in [1.82, 2.24) is 14.8 Å². The Kier molecular flexibility index (Phi) is 4.00. The Morgan fingerprint density at radius 1 is 1.24 bits per heavy atom. The first kappa shape index (κ1) is 13.8. The molecule has 2 heterocycles. The Morgan fingerprint density at radius 2 is 2.05 bits per heavy atom. The van der Waals surface area contributed by atoms with Gasteiger partial charge in [0.25, 0.3) is 0 Å². The van der Waals surface area contributed by atoms with Crippen LogP contribution in [0.2, 0.25) is 0 Å². The highest BCUT2D eigenvalue weighted by Gasteiger charge is 2.12. The molecule has 1 saturated heterocycles. The maximum absolute atomic E-state index is 10.9. The summed E-state index contributed by atoms with van der Waals surface area (Å²) in [6.45, 7) is 5.90. The highest BCUT2D eigenvalue weighted by atomic mass is 16.1. The van der Waals surface area contributed by atoms with Crippen molar-refractivity contribution in [2.45, 2.75) is 6.54 Å². The highest BCUT2D eigenvalue weighted by Crippen LogP contribution is 2.20. The molecule has 0 bridgehead atoms. The van der Waals surface area contributed by atoms with Crippen molar-refractivity contribution in [3.05, 3.63) is 35.5 Å². The molecule has 5 nitrogen and oxygen atoms in total. The van der Waals surface area contributed by atoms with E-state index in [1.807, 2.05) is 22.8 Å². The molecule has 5 heteroatoms. The van der Waals surface area contributed by atoms with Gasteiger partial charge in [0.05, 0.1) is 0 Å². The van der Waals surface area contributed by atoms with Crippen LogP contribution in [-0.2, 0) is 6.54 Å². The number of hydrogen-bond acceptors (Lipinski definition) is 4. The number of nitrogens with zero attached hydrogens (tertiary/aromatic N) is 3. The number of piperazine rings is 1. The second-order valence-electron chi connectivity index (χ2n) is 5.32. The summed E-state index contributed by atoms with van der Waals surface area (Å²) in [6, 6.07) is 9.68. The van der Waals surface area contributed by atoms with Crippen LogP contribution in [0.25, 0.3) is 10.9 Å². The van der Waals surface area contributed by atoms with E-state index in [-0.39, 0.29) is 0 Å². The van der Waals surface area contributed by atoms with Crippen molar-refractivity contribution in [1.29, 1.82) is 5.26 Å². The number of fused-ring (bicyclic) bond motifs is 1. The van der Waals surface area contributed by atoms with Crippen LogP contribution in [0.4, 0.5) is 0 Å². The van der Waals surface area contributed by atoms with Crippen molar-refractivity contribution in [2.24, 2.45) is 0 Å². The number of carbonyl (C=O) groups excluding carboxylic acids is 1. The van der Waals surface area contributed by atoms with Crippen molar-refractivity contribution in [2.75, 3.05) is 32.7 Å². The van der Waals surface area contributed by atoms with Gasteiger partial charge >= 0.3 is 0 Å². The lowest BCUT2D eigenvalue weighted by atomic mass is 10.2. The van der Waals surface area contributed by atoms with Gasteiger partial charge < -0.3 is 9.88 Å². The first-order valence-electron chi connectivity index (χ1n) is 7.23. The lowest BCUT2D eigenvalue weighted by Crippen LogP contribution is -2.44. The number of nitriles is 1. The molecule has 1 fully saturated rings. The van der Waals surface area contributed by atoms with E-state index in [2.05, 4.69) is 16.3 Å². The largest absolute Gasteiger partial charge is 0.331 e. The Labute approximate surface area is 123 Å². The molecule has 0 atom stereocenters. The topological polar surface area (TPSA) is 61.1 Å². The van der Waals surface area contributed by atoms with E-state index in [4.69, 9.17) is 0 Å². The van der Waals surface area contributed by atoms with Crippen LogP contribution in [0.1, 0.15) is 16.1 Å². The van der Waals surface area contributed by atoms with Crippen LogP contribution in [-0.4, -0.2) is 48.5 Å². The summed E-state index contributed by atoms with van der Waals surface area (Å²) in [6.07, 6.45) is 0.837. The summed E-state index contributed by atoms with van der Waals surface area (Å²) in [5.41, 5.74) is 2.32. The van der Waals surface area contributed by atoms with E-state index in [9.17, 15) is 10.1 Å². The van der Waals surface area contributed by atoms with Crippen LogP contribution < -0.4 is 5.32 Å². The first-order valence-corrected chi connectivity index (χ1v) is 7.23. The molecule has 108 valence electrons. The monoisotopic (exact) mass is 282 g/mol. The van der Waals surface area contributed by atoms with Crippen molar-refractivity contribution in [3.8, 4) is 6.07 Å². The molecule has 21 heavy (non-hydrogen) atoms. The molecule has 1 aliphatic heterocycles. The lowest BCUT2D eigenvalue weighted by molar-refractivity contribution is 0.112. The highest BCUT2D eigenvalue weighted by molar-refractivity contribution is 5.88. The van der Waals surface area contributed by atoms with Crippen LogP contribution in [0.15, 0.2) is 24.3 Å². The van der Waals surface area contributed by atoms with Crippen LogP contribution in [0, 0.1) is 11.3 Å². The van der Waals surface area contributed by atoms with Gasteiger partial charge in [0, 0.05) is 55.7 Å². The molecule has 0 spiro atoms. The molecular formula is C16H18N4O. The van der Waals surface area contributed by atoms with E-state index in [1.54, 1.807) is 6.07 Å². The van der Waals surface area contributed by atoms with Crippen LogP contribution in [0.5, 0.6) is 0 Å². The quantitative estimate of drug-likeness (QED) is 0.857. The predicted octanol–water partition coefficient (Wildman–Crippen LogP) is 1.23. The van der Waals surface area contributed by atoms with Gasteiger partial charge in [-0.25, -0.2) is 0 Å². The SMILES string of the molecule is N#Cc1cc2cc(C=O)ccc2n1CCN1CCNCC1. The van der Waals surface area contributed by atoms with E-state index < -0.39 is 0 Å². The van der Waals surface area contributed by atoms with Gasteiger partial charge in [-0.15, -0.1) is 0 Å². The summed E-state index contributed by atoms with van der Waals surface area (Å²) < 4.78 is 2.05. The predicted molar refractivity (Wildman–Crippen MR) is 81.4 cm³/mol. The summed E-state index contributed by atoms with van der Waals surface area (Å²) >= 11 is 0. The standard InChI is InChI=1S/C16H18N4O/c17-11-15-10-14-9-13(12-21)1-2-16(14)20(15)8-7-19-5-3-18-4-6-19/h1-2,9-10,12,18H,3-8H2. The molecule has 3 rings (SSSR count). The third-order valence-electron chi connectivity index (χ3n) is 4.03. The van der Waals surface area contributed by atoms with Gasteiger partial charge in [-0.2, -0.15) is 5.26 Å². The lowest BCUT2D eigenvalue weighted by Gasteiger charge is -2.27. The smallest absolute Gasteiger partial charge is 0.150 e. The molecule has 1 aromatic heterocycles. The van der Waals surface area contributed by atoms with Gasteiger partial charge in [-0.1, -0.05) is 0 Å². The number of aldehydes is 1. The molecule has 1 aromatic carbocycles. The number of benzene rings is 1. The minimum absolute atomic E-state index is 0.645. The fourth-order valence-corrected chi connectivity index (χ4v) is 2.87. The van der Waals surface area contributed by atoms with Crippen molar-refractivity contribution in [3.63, 3.8) is 0 Å². The van der Waals surface area contributed by atoms with E-state index in [0.717, 1.165) is 56.5 Å². The van der Waals surface area contributed by atoms with E-state index in [1.165, 1.54) is 0 Å². The average Bonchev–Trinajstić information content (AvgIpc) is 2.90. The third kappa shape index (κ3) is 2.82. The zero-order chi connectivity index (χ0) is 14.7. The van der Waals surface area contributed by atoms with Crippen molar-refractivity contribution >= 4 is 17.2 Å². The van der Waals surface area contributed by atoms with Gasteiger partial charge in [0.1, 0.15) is 18.0 Å². The Morgan fingerprint density at radius 3 is 2.76 bits per heavy atom. The minimum Gasteiger partial charge on any atom is -0.331 e. The molecule has 0 amide bonds. The fraction of sp³-hybridized carbons (Fsp3) is 0.375. The molecule has 0 unspecified atom stereocenters. The molecule has 0 aliphatic carbocycles. The zero-order valence-electron chi connectivity index (χ0n) is 11.9. The molecule has 1 N–H and O–H groups in total. The number of rotatable bonds is 4. The summed E-state index contributed by atoms with van der Waals surface area (Å²) in [5, 5.41) is 13.6. The Hall–Kier alpha value is -2.16. The zero-order valence-corrected chi connectivity index (χ0v) is 11.9. The maximum Gasteiger partial charge on any atom is 0.150 e. The van der Waals surface area contributed by atoms with Crippen LogP contribution >= 0.6 is 0 Å². The molecule has 0 saturated carbocycles. The average molecular weight is 282 g/mol. The number of hydrogen-bond donors (Lipinski definition) is 1. The summed E-state index contributed by atoms with van der Waals surface area (Å²) in [7, 11) is 0. The second-order valence-corrected chi connectivity index (χ2v) is 5.32. The number of nitrogens with one attached hydrogen (secondary N) is 1. The van der Waals surface area contributed by atoms with E-state index >= 15 is 0 Å². The van der Waals surface area contributed by atoms with Crippen molar-refractivity contribution < 1.29 is 4.79 Å². The maximum atomic E-state index is 10.9. The fourth-order valence-electron chi connectivity index (χ4n) is 2.87. The number of carbonyl (C=O) groups is 1. The van der Waals surface area contributed by atoms with E-state index in [0.29, 0.717) is 11.3 Å². The molecule has 2 aromatic rings.